The van der Waals surface area contributed by atoms with Crippen LogP contribution in [0, 0.1) is 0 Å². The fourth-order valence-electron chi connectivity index (χ4n) is 1.60. The zero-order valence-electron chi connectivity index (χ0n) is 10.1. The van der Waals surface area contributed by atoms with Gasteiger partial charge >= 0.3 is 0 Å². The number of aromatic nitrogens is 1. The van der Waals surface area contributed by atoms with Crippen LogP contribution in [0.2, 0.25) is 10.0 Å². The maximum atomic E-state index is 12.3. The van der Waals surface area contributed by atoms with E-state index >= 15 is 0 Å². The summed E-state index contributed by atoms with van der Waals surface area (Å²) in [4.78, 5) is 17.9. The molecule has 0 radical (unpaired) electrons. The second-order valence-corrected chi connectivity index (χ2v) is 5.51. The molecule has 7 heteroatoms. The number of nitrogen functional groups attached to an aromatic ring is 1. The van der Waals surface area contributed by atoms with Gasteiger partial charge in [0.15, 0.2) is 0 Å². The molecule has 4 nitrogen and oxygen atoms in total. The average molecular weight is 316 g/mol. The maximum absolute atomic E-state index is 12.3. The first-order chi connectivity index (χ1) is 8.99. The third kappa shape index (κ3) is 3.18. The molecule has 0 unspecified atom stereocenters. The minimum absolute atomic E-state index is 0.214. The lowest BCUT2D eigenvalue weighted by atomic mass is 10.1. The van der Waals surface area contributed by atoms with E-state index in [1.54, 1.807) is 12.6 Å². The molecule has 0 atom stereocenters. The van der Waals surface area contributed by atoms with Gasteiger partial charge in [0.05, 0.1) is 33.4 Å². The highest BCUT2D eigenvalue weighted by molar-refractivity contribution is 7.07. The molecule has 19 heavy (non-hydrogen) atoms. The molecule has 2 aromatic rings. The molecule has 2 N–H and O–H groups in total. The molecule has 0 bridgehead atoms. The Morgan fingerprint density at radius 1 is 1.47 bits per heavy atom. The number of thiazole rings is 1. The first-order valence-electron chi connectivity index (χ1n) is 5.36. The highest BCUT2D eigenvalue weighted by Crippen LogP contribution is 2.29. The second kappa shape index (κ2) is 5.77. The van der Waals surface area contributed by atoms with Crippen LogP contribution in [0.1, 0.15) is 16.1 Å². The predicted molar refractivity (Wildman–Crippen MR) is 78.8 cm³/mol. The number of hydrogen-bond donors (Lipinski definition) is 1. The van der Waals surface area contributed by atoms with Crippen LogP contribution in [0.5, 0.6) is 0 Å². The van der Waals surface area contributed by atoms with Crippen LogP contribution >= 0.6 is 34.5 Å². The van der Waals surface area contributed by atoms with E-state index in [-0.39, 0.29) is 16.0 Å². The first kappa shape index (κ1) is 14.1. The van der Waals surface area contributed by atoms with E-state index in [4.69, 9.17) is 28.9 Å². The number of carbonyl (C=O) groups excluding carboxylic acids is 1. The van der Waals surface area contributed by atoms with Crippen molar-refractivity contribution in [3.05, 3.63) is 44.3 Å². The highest BCUT2D eigenvalue weighted by atomic mass is 35.5. The number of anilines is 1. The molecule has 0 saturated heterocycles. The van der Waals surface area contributed by atoms with Crippen LogP contribution in [0.15, 0.2) is 23.0 Å². The fourth-order valence-corrected chi connectivity index (χ4v) is 2.57. The number of hydrogen-bond acceptors (Lipinski definition) is 4. The molecule has 0 spiro atoms. The van der Waals surface area contributed by atoms with Crippen molar-refractivity contribution in [3.8, 4) is 0 Å². The lowest BCUT2D eigenvalue weighted by Crippen LogP contribution is -2.26. The molecule has 2 rings (SSSR count). The number of amides is 1. The van der Waals surface area contributed by atoms with E-state index in [0.717, 1.165) is 5.69 Å². The lowest BCUT2D eigenvalue weighted by Gasteiger charge is -2.17. The topological polar surface area (TPSA) is 59.2 Å². The van der Waals surface area contributed by atoms with Crippen molar-refractivity contribution in [3.63, 3.8) is 0 Å². The first-order valence-corrected chi connectivity index (χ1v) is 7.06. The molecule has 100 valence electrons. The van der Waals surface area contributed by atoms with E-state index in [0.29, 0.717) is 17.8 Å². The van der Waals surface area contributed by atoms with E-state index < -0.39 is 0 Å². The predicted octanol–water partition coefficient (Wildman–Crippen LogP) is 3.30. The van der Waals surface area contributed by atoms with Gasteiger partial charge in [-0.25, -0.2) is 4.98 Å². The second-order valence-electron chi connectivity index (χ2n) is 4.01. The summed E-state index contributed by atoms with van der Waals surface area (Å²) >= 11 is 13.4. The summed E-state index contributed by atoms with van der Waals surface area (Å²) in [6.45, 7) is 0.408. The summed E-state index contributed by atoms with van der Waals surface area (Å²) in [5.74, 6) is -0.243. The van der Waals surface area contributed by atoms with Gasteiger partial charge in [0.25, 0.3) is 5.91 Å². The number of rotatable bonds is 3. The summed E-state index contributed by atoms with van der Waals surface area (Å²) < 4.78 is 0. The number of nitrogens with zero attached hydrogens (tertiary/aromatic N) is 2. The van der Waals surface area contributed by atoms with Crippen molar-refractivity contribution in [2.24, 2.45) is 0 Å². The Balaban J connectivity index is 2.24. The quantitative estimate of drug-likeness (QED) is 0.884. The van der Waals surface area contributed by atoms with E-state index in [1.807, 2.05) is 5.38 Å². The van der Waals surface area contributed by atoms with Crippen LogP contribution in [0.25, 0.3) is 0 Å². The van der Waals surface area contributed by atoms with Crippen molar-refractivity contribution in [2.45, 2.75) is 6.54 Å². The van der Waals surface area contributed by atoms with E-state index in [1.165, 1.54) is 28.4 Å². The smallest absolute Gasteiger partial charge is 0.255 e. The fraction of sp³-hybridized carbons (Fsp3) is 0.167. The SMILES string of the molecule is CN(Cc1cscn1)C(=O)c1cc(N)cc(Cl)c1Cl. The van der Waals surface area contributed by atoms with Crippen LogP contribution in [0.4, 0.5) is 5.69 Å². The Bertz CT molecular complexity index is 601. The Morgan fingerprint density at radius 2 is 2.21 bits per heavy atom. The standard InChI is InChI=1S/C12H11Cl2N3OS/c1-17(4-8-5-19-6-16-8)12(18)9-2-7(15)3-10(13)11(9)14/h2-3,5-6H,4,15H2,1H3. The molecule has 0 fully saturated rings. The molecule has 1 aromatic carbocycles. The summed E-state index contributed by atoms with van der Waals surface area (Å²) in [5.41, 5.74) is 8.92. The molecule has 0 saturated carbocycles. The average Bonchev–Trinajstić information content (AvgIpc) is 2.85. The molecule has 0 aliphatic rings. The van der Waals surface area contributed by atoms with Gasteiger partial charge in [-0.05, 0) is 12.1 Å². The van der Waals surface area contributed by atoms with Gasteiger partial charge in [-0.3, -0.25) is 4.79 Å². The molecular formula is C12H11Cl2N3OS. The van der Waals surface area contributed by atoms with Crippen molar-refractivity contribution in [2.75, 3.05) is 12.8 Å². The third-order valence-electron chi connectivity index (χ3n) is 2.51. The van der Waals surface area contributed by atoms with Crippen LogP contribution in [-0.4, -0.2) is 22.8 Å². The number of nitrogens with two attached hydrogens (primary N) is 1. The Kier molecular flexibility index (Phi) is 4.29. The monoisotopic (exact) mass is 315 g/mol. The van der Waals surface area contributed by atoms with Crippen molar-refractivity contribution >= 4 is 46.1 Å². The molecule has 0 aliphatic heterocycles. The van der Waals surface area contributed by atoms with Gasteiger partial charge in [-0.15, -0.1) is 11.3 Å². The van der Waals surface area contributed by atoms with Gasteiger partial charge in [0.1, 0.15) is 0 Å². The molecular weight excluding hydrogens is 305 g/mol. The highest BCUT2D eigenvalue weighted by Gasteiger charge is 2.18. The van der Waals surface area contributed by atoms with Gasteiger partial charge in [-0.1, -0.05) is 23.2 Å². The summed E-state index contributed by atoms with van der Waals surface area (Å²) in [7, 11) is 1.68. The van der Waals surface area contributed by atoms with Crippen LogP contribution in [0.3, 0.4) is 0 Å². The number of benzene rings is 1. The third-order valence-corrected chi connectivity index (χ3v) is 3.95. The van der Waals surface area contributed by atoms with Gasteiger partial charge in [0.2, 0.25) is 0 Å². The minimum Gasteiger partial charge on any atom is -0.399 e. The van der Waals surface area contributed by atoms with Gasteiger partial charge in [-0.2, -0.15) is 0 Å². The zero-order valence-corrected chi connectivity index (χ0v) is 12.4. The summed E-state index contributed by atoms with van der Waals surface area (Å²) in [6, 6.07) is 3.04. The summed E-state index contributed by atoms with van der Waals surface area (Å²) in [5, 5.41) is 2.37. The van der Waals surface area contributed by atoms with E-state index in [2.05, 4.69) is 4.98 Å². The normalized spacial score (nSPS) is 10.5. The van der Waals surface area contributed by atoms with Crippen molar-refractivity contribution in [1.29, 1.82) is 0 Å². The van der Waals surface area contributed by atoms with Crippen LogP contribution < -0.4 is 5.73 Å². The zero-order chi connectivity index (χ0) is 14.0. The largest absolute Gasteiger partial charge is 0.399 e. The Labute approximate surface area is 124 Å². The lowest BCUT2D eigenvalue weighted by molar-refractivity contribution is 0.0784. The Hall–Kier alpha value is -1.30. The Morgan fingerprint density at radius 3 is 2.84 bits per heavy atom. The van der Waals surface area contributed by atoms with E-state index in [9.17, 15) is 4.79 Å². The summed E-state index contributed by atoms with van der Waals surface area (Å²) in [6.07, 6.45) is 0. The molecule has 0 aliphatic carbocycles. The van der Waals surface area contributed by atoms with Crippen molar-refractivity contribution < 1.29 is 4.79 Å². The number of carbonyl (C=O) groups is 1. The van der Waals surface area contributed by atoms with Gasteiger partial charge in [0, 0.05) is 18.1 Å². The maximum Gasteiger partial charge on any atom is 0.255 e. The number of halogens is 2. The molecule has 1 heterocycles. The van der Waals surface area contributed by atoms with Gasteiger partial charge < -0.3 is 10.6 Å². The molecule has 1 aromatic heterocycles. The molecule has 1 amide bonds. The van der Waals surface area contributed by atoms with Crippen molar-refractivity contribution in [1.82, 2.24) is 9.88 Å². The minimum atomic E-state index is -0.243. The van der Waals surface area contributed by atoms with Crippen LogP contribution in [-0.2, 0) is 6.54 Å².